The molecule has 0 atom stereocenters. The van der Waals surface area contributed by atoms with Crippen molar-refractivity contribution in [2.75, 3.05) is 0 Å². The molecule has 0 spiro atoms. The third kappa shape index (κ3) is 2.48. The molecule has 0 aliphatic rings. The quantitative estimate of drug-likeness (QED) is 0.802. The third-order valence-corrected chi connectivity index (χ3v) is 2.41. The van der Waals surface area contributed by atoms with Gasteiger partial charge in [0.1, 0.15) is 5.82 Å². The molecule has 1 rings (SSSR count). The SMILES string of the molecule is CC(C)(C)c1cc(Cl)c(C(=O)O)cc1F. The van der Waals surface area contributed by atoms with Gasteiger partial charge in [-0.3, -0.25) is 0 Å². The van der Waals surface area contributed by atoms with E-state index in [1.165, 1.54) is 6.07 Å². The maximum absolute atomic E-state index is 13.6. The van der Waals surface area contributed by atoms with Gasteiger partial charge in [-0.25, -0.2) is 9.18 Å². The molecule has 0 aliphatic carbocycles. The maximum Gasteiger partial charge on any atom is 0.337 e. The molecular formula is C11H12ClFO2. The van der Waals surface area contributed by atoms with E-state index in [0.717, 1.165) is 6.07 Å². The molecule has 0 fully saturated rings. The van der Waals surface area contributed by atoms with E-state index in [4.69, 9.17) is 16.7 Å². The van der Waals surface area contributed by atoms with Gasteiger partial charge in [-0.15, -0.1) is 0 Å². The van der Waals surface area contributed by atoms with E-state index < -0.39 is 17.2 Å². The predicted molar refractivity (Wildman–Crippen MR) is 57.1 cm³/mol. The lowest BCUT2D eigenvalue weighted by Crippen LogP contribution is -2.14. The summed E-state index contributed by atoms with van der Waals surface area (Å²) in [7, 11) is 0. The predicted octanol–water partition coefficient (Wildman–Crippen LogP) is 3.47. The molecule has 2 nitrogen and oxygen atoms in total. The summed E-state index contributed by atoms with van der Waals surface area (Å²) in [5, 5.41) is 8.80. The molecule has 15 heavy (non-hydrogen) atoms. The van der Waals surface area contributed by atoms with Crippen LogP contribution in [0.25, 0.3) is 0 Å². The lowest BCUT2D eigenvalue weighted by atomic mass is 9.86. The van der Waals surface area contributed by atoms with Crippen LogP contribution in [0.2, 0.25) is 5.02 Å². The van der Waals surface area contributed by atoms with Crippen LogP contribution >= 0.6 is 11.6 Å². The van der Waals surface area contributed by atoms with Crippen LogP contribution in [0.1, 0.15) is 36.7 Å². The summed E-state index contributed by atoms with van der Waals surface area (Å²) in [5.74, 6) is -1.76. The van der Waals surface area contributed by atoms with Crippen molar-refractivity contribution in [2.45, 2.75) is 26.2 Å². The summed E-state index contributed by atoms with van der Waals surface area (Å²) in [6, 6.07) is 2.34. The Morgan fingerprint density at radius 1 is 1.40 bits per heavy atom. The second-order valence-corrected chi connectivity index (χ2v) is 4.77. The lowest BCUT2D eigenvalue weighted by Gasteiger charge is -2.20. The van der Waals surface area contributed by atoms with Crippen LogP contribution in [0, 0.1) is 5.82 Å². The van der Waals surface area contributed by atoms with Crippen LogP contribution in [0.3, 0.4) is 0 Å². The molecule has 0 unspecified atom stereocenters. The van der Waals surface area contributed by atoms with Gasteiger partial charge in [0, 0.05) is 0 Å². The summed E-state index contributed by atoms with van der Waals surface area (Å²) in [4.78, 5) is 10.7. The number of halogens is 2. The Kier molecular flexibility index (Phi) is 3.05. The monoisotopic (exact) mass is 230 g/mol. The van der Waals surface area contributed by atoms with Crippen molar-refractivity contribution in [3.63, 3.8) is 0 Å². The van der Waals surface area contributed by atoms with Gasteiger partial charge >= 0.3 is 5.97 Å². The van der Waals surface area contributed by atoms with Crippen molar-refractivity contribution in [1.29, 1.82) is 0 Å². The Morgan fingerprint density at radius 2 is 1.93 bits per heavy atom. The van der Waals surface area contributed by atoms with Crippen molar-refractivity contribution in [2.24, 2.45) is 0 Å². The van der Waals surface area contributed by atoms with E-state index in [0.29, 0.717) is 5.56 Å². The highest BCUT2D eigenvalue weighted by Gasteiger charge is 2.22. The first kappa shape index (κ1) is 12.0. The van der Waals surface area contributed by atoms with Crippen LogP contribution in [0.15, 0.2) is 12.1 Å². The van der Waals surface area contributed by atoms with Crippen molar-refractivity contribution in [1.82, 2.24) is 0 Å². The third-order valence-electron chi connectivity index (χ3n) is 2.10. The van der Waals surface area contributed by atoms with Crippen LogP contribution in [-0.4, -0.2) is 11.1 Å². The molecule has 0 aromatic heterocycles. The van der Waals surface area contributed by atoms with Crippen LogP contribution in [-0.2, 0) is 5.41 Å². The Balaban J connectivity index is 3.39. The minimum absolute atomic E-state index is 0.0637. The normalized spacial score (nSPS) is 11.5. The molecule has 0 aliphatic heterocycles. The van der Waals surface area contributed by atoms with Gasteiger partial charge in [-0.1, -0.05) is 32.4 Å². The summed E-state index contributed by atoms with van der Waals surface area (Å²) in [6.45, 7) is 5.51. The Hall–Kier alpha value is -1.09. The number of carboxylic acids is 1. The summed E-state index contributed by atoms with van der Waals surface area (Å²) in [5.41, 5.74) is -0.190. The summed E-state index contributed by atoms with van der Waals surface area (Å²) < 4.78 is 13.6. The number of hydrogen-bond donors (Lipinski definition) is 1. The van der Waals surface area contributed by atoms with Crippen molar-refractivity contribution >= 4 is 17.6 Å². The molecular weight excluding hydrogens is 219 g/mol. The number of benzene rings is 1. The fourth-order valence-corrected chi connectivity index (χ4v) is 1.53. The van der Waals surface area contributed by atoms with Gasteiger partial charge in [-0.2, -0.15) is 0 Å². The molecule has 0 heterocycles. The van der Waals surface area contributed by atoms with E-state index >= 15 is 0 Å². The van der Waals surface area contributed by atoms with Gasteiger partial charge in [0.15, 0.2) is 0 Å². The highest BCUT2D eigenvalue weighted by atomic mass is 35.5. The smallest absolute Gasteiger partial charge is 0.337 e. The van der Waals surface area contributed by atoms with E-state index in [-0.39, 0.29) is 10.6 Å². The zero-order valence-electron chi connectivity index (χ0n) is 8.77. The number of carbonyl (C=O) groups is 1. The van der Waals surface area contributed by atoms with E-state index in [1.54, 1.807) is 0 Å². The fraction of sp³-hybridized carbons (Fsp3) is 0.364. The Morgan fingerprint density at radius 3 is 2.33 bits per heavy atom. The van der Waals surface area contributed by atoms with Crippen LogP contribution in [0.5, 0.6) is 0 Å². The highest BCUT2D eigenvalue weighted by molar-refractivity contribution is 6.33. The number of rotatable bonds is 1. The van der Waals surface area contributed by atoms with Gasteiger partial charge in [-0.05, 0) is 23.1 Å². The van der Waals surface area contributed by atoms with Crippen LogP contribution in [0.4, 0.5) is 4.39 Å². The van der Waals surface area contributed by atoms with Gasteiger partial charge in [0.25, 0.3) is 0 Å². The lowest BCUT2D eigenvalue weighted by molar-refractivity contribution is 0.0696. The number of hydrogen-bond acceptors (Lipinski definition) is 1. The molecule has 1 aromatic carbocycles. The molecule has 1 aromatic rings. The fourth-order valence-electron chi connectivity index (χ4n) is 1.29. The molecule has 82 valence electrons. The minimum atomic E-state index is -1.22. The standard InChI is InChI=1S/C11H12ClFO2/c1-11(2,3)7-5-8(12)6(10(14)15)4-9(7)13/h4-5H,1-3H3,(H,14,15). The van der Waals surface area contributed by atoms with Gasteiger partial charge in [0.2, 0.25) is 0 Å². The zero-order valence-corrected chi connectivity index (χ0v) is 9.52. The van der Waals surface area contributed by atoms with E-state index in [2.05, 4.69) is 0 Å². The summed E-state index contributed by atoms with van der Waals surface area (Å²) >= 11 is 5.75. The zero-order chi connectivity index (χ0) is 11.8. The van der Waals surface area contributed by atoms with E-state index in [9.17, 15) is 9.18 Å². The largest absolute Gasteiger partial charge is 0.478 e. The van der Waals surface area contributed by atoms with E-state index in [1.807, 2.05) is 20.8 Å². The molecule has 0 saturated heterocycles. The van der Waals surface area contributed by atoms with Crippen LogP contribution < -0.4 is 0 Å². The first-order valence-electron chi connectivity index (χ1n) is 4.46. The molecule has 4 heteroatoms. The number of carboxylic acid groups (broad SMARTS) is 1. The van der Waals surface area contributed by atoms with Crippen molar-refractivity contribution in [3.8, 4) is 0 Å². The molecule has 0 amide bonds. The first-order chi connectivity index (χ1) is 6.73. The minimum Gasteiger partial charge on any atom is -0.478 e. The van der Waals surface area contributed by atoms with Crippen molar-refractivity contribution in [3.05, 3.63) is 34.1 Å². The highest BCUT2D eigenvalue weighted by Crippen LogP contribution is 2.29. The average Bonchev–Trinajstić information content (AvgIpc) is 2.06. The van der Waals surface area contributed by atoms with Crippen molar-refractivity contribution < 1.29 is 14.3 Å². The summed E-state index contributed by atoms with van der Waals surface area (Å²) in [6.07, 6.45) is 0. The van der Waals surface area contributed by atoms with Gasteiger partial charge in [0.05, 0.1) is 10.6 Å². The molecule has 0 bridgehead atoms. The van der Waals surface area contributed by atoms with Gasteiger partial charge < -0.3 is 5.11 Å². The second-order valence-electron chi connectivity index (χ2n) is 4.37. The molecule has 1 N–H and O–H groups in total. The first-order valence-corrected chi connectivity index (χ1v) is 4.84. The number of aromatic carboxylic acids is 1. The average molecular weight is 231 g/mol. The Labute approximate surface area is 92.7 Å². The molecule has 0 saturated carbocycles. The topological polar surface area (TPSA) is 37.3 Å². The Bertz CT molecular complexity index is 408. The maximum atomic E-state index is 13.6. The molecule has 0 radical (unpaired) electrons. The second kappa shape index (κ2) is 3.81.